The van der Waals surface area contributed by atoms with Gasteiger partial charge in [0.2, 0.25) is 0 Å². The Morgan fingerprint density at radius 2 is 2.00 bits per heavy atom. The van der Waals surface area contributed by atoms with Crippen molar-refractivity contribution < 1.29 is 4.79 Å². The van der Waals surface area contributed by atoms with E-state index in [1.807, 2.05) is 48.5 Å². The van der Waals surface area contributed by atoms with Gasteiger partial charge in [0.25, 0.3) is 5.91 Å². The van der Waals surface area contributed by atoms with E-state index >= 15 is 0 Å². The third kappa shape index (κ3) is 3.13. The Labute approximate surface area is 153 Å². The minimum absolute atomic E-state index is 0.176. The van der Waals surface area contributed by atoms with Crippen LogP contribution in [0.1, 0.15) is 13.3 Å². The predicted molar refractivity (Wildman–Crippen MR) is 101 cm³/mol. The van der Waals surface area contributed by atoms with E-state index in [0.717, 1.165) is 16.8 Å². The van der Waals surface area contributed by atoms with Crippen molar-refractivity contribution >= 4 is 23.2 Å². The van der Waals surface area contributed by atoms with Gasteiger partial charge in [-0.2, -0.15) is 5.26 Å². The molecule has 0 spiro atoms. The molecule has 5 heteroatoms. The van der Waals surface area contributed by atoms with Gasteiger partial charge in [-0.3, -0.25) is 9.28 Å². The number of carbonyl (C=O) groups excluding carboxylic acids is 1. The number of amides is 1. The fraction of sp³-hybridized carbons (Fsp3) is 0.300. The third-order valence-electron chi connectivity index (χ3n) is 5.07. The molecule has 1 amide bonds. The van der Waals surface area contributed by atoms with Crippen LogP contribution >= 0.6 is 11.6 Å². The Balaban J connectivity index is 2.17. The van der Waals surface area contributed by atoms with Crippen molar-refractivity contribution in [2.75, 3.05) is 13.1 Å². The number of hydrogen-bond donors (Lipinski definition) is 1. The van der Waals surface area contributed by atoms with E-state index in [-0.39, 0.29) is 16.9 Å². The van der Waals surface area contributed by atoms with Crippen molar-refractivity contribution in [1.29, 1.82) is 5.26 Å². The normalized spacial score (nSPS) is 25.5. The molecular weight excluding hydrogens is 334 g/mol. The topological polar surface area (TPSA) is 66.9 Å². The lowest BCUT2D eigenvalue weighted by atomic mass is 10.0. The van der Waals surface area contributed by atoms with E-state index in [1.165, 1.54) is 0 Å². The Kier molecular flexibility index (Phi) is 4.80. The van der Waals surface area contributed by atoms with Gasteiger partial charge in [0, 0.05) is 18.4 Å². The quantitative estimate of drug-likeness (QED) is 0.671. The molecule has 2 aromatic rings. The zero-order valence-electron chi connectivity index (χ0n) is 14.2. The lowest BCUT2D eigenvalue weighted by molar-refractivity contribution is -0.121. The summed E-state index contributed by atoms with van der Waals surface area (Å²) in [6.45, 7) is 2.94. The number of rotatable bonds is 4. The molecule has 3 rings (SSSR count). The van der Waals surface area contributed by atoms with Crippen LogP contribution in [-0.4, -0.2) is 25.0 Å². The molecule has 0 bridgehead atoms. The van der Waals surface area contributed by atoms with Gasteiger partial charge < -0.3 is 5.73 Å². The summed E-state index contributed by atoms with van der Waals surface area (Å²) in [5.41, 5.74) is 8.58. The average molecular weight is 355 g/mol. The second-order valence-electron chi connectivity index (χ2n) is 6.82. The summed E-state index contributed by atoms with van der Waals surface area (Å²) < 4.78 is 0.215. The number of nitrogens with zero attached hydrogens (tertiary/aromatic N) is 2. The van der Waals surface area contributed by atoms with E-state index in [1.54, 1.807) is 0 Å². The third-order valence-corrected chi connectivity index (χ3v) is 5.39. The van der Waals surface area contributed by atoms with Crippen molar-refractivity contribution in [3.05, 3.63) is 53.6 Å². The first kappa shape index (κ1) is 17.5. The van der Waals surface area contributed by atoms with Gasteiger partial charge in [0.05, 0.1) is 6.54 Å². The van der Waals surface area contributed by atoms with Gasteiger partial charge in [-0.05, 0) is 17.2 Å². The highest BCUT2D eigenvalue weighted by Gasteiger charge is 2.51. The number of hydrogen-bond acceptors (Lipinski definition) is 2. The number of carbonyl (C=O) groups is 1. The SMILES string of the molecule is C[C@H]1C[C@@H](C(N)=O)[N+](CC#N)(c2cc(-c3ccccc3)ccc2Cl)C1. The van der Waals surface area contributed by atoms with Crippen LogP contribution in [0.25, 0.3) is 11.1 Å². The van der Waals surface area contributed by atoms with E-state index in [9.17, 15) is 10.1 Å². The smallest absolute Gasteiger partial charge is 0.276 e. The van der Waals surface area contributed by atoms with Crippen LogP contribution < -0.4 is 10.2 Å². The molecule has 0 aliphatic carbocycles. The summed E-state index contributed by atoms with van der Waals surface area (Å²) >= 11 is 6.53. The molecule has 2 N–H and O–H groups in total. The first-order valence-electron chi connectivity index (χ1n) is 8.36. The van der Waals surface area contributed by atoms with Crippen molar-refractivity contribution in [2.45, 2.75) is 19.4 Å². The zero-order valence-corrected chi connectivity index (χ0v) is 14.9. The number of likely N-dealkylation sites (tertiary alicyclic amines) is 1. The van der Waals surface area contributed by atoms with Crippen molar-refractivity contribution in [1.82, 2.24) is 4.48 Å². The van der Waals surface area contributed by atoms with Crippen LogP contribution in [-0.2, 0) is 4.79 Å². The molecule has 0 aromatic heterocycles. The van der Waals surface area contributed by atoms with Gasteiger partial charge in [-0.1, -0.05) is 54.9 Å². The van der Waals surface area contributed by atoms with Crippen LogP contribution in [0.5, 0.6) is 0 Å². The fourth-order valence-electron chi connectivity index (χ4n) is 4.02. The van der Waals surface area contributed by atoms with E-state index in [4.69, 9.17) is 17.3 Å². The van der Waals surface area contributed by atoms with Gasteiger partial charge >= 0.3 is 0 Å². The largest absolute Gasteiger partial charge is 0.364 e. The van der Waals surface area contributed by atoms with Crippen molar-refractivity contribution in [3.63, 3.8) is 0 Å². The summed E-state index contributed by atoms with van der Waals surface area (Å²) in [6.07, 6.45) is 0.670. The lowest BCUT2D eigenvalue weighted by Gasteiger charge is -2.37. The standard InChI is InChI=1S/C20H20ClN3O/c1-14-11-19(20(23)25)24(13-14,10-9-22)18-12-16(7-8-17(18)21)15-5-3-2-4-6-15/h2-8,12,14,19H,10-11,13H2,1H3,(H-,23,25)/p+1/t14-,19-,24?/m0/s1. The first-order valence-corrected chi connectivity index (χ1v) is 8.74. The maximum Gasteiger partial charge on any atom is 0.276 e. The van der Waals surface area contributed by atoms with Gasteiger partial charge in [0.1, 0.15) is 11.1 Å². The second kappa shape index (κ2) is 6.87. The highest BCUT2D eigenvalue weighted by Crippen LogP contribution is 2.42. The van der Waals surface area contributed by atoms with E-state index in [2.05, 4.69) is 13.0 Å². The number of benzene rings is 2. The van der Waals surface area contributed by atoms with E-state index in [0.29, 0.717) is 23.9 Å². The van der Waals surface area contributed by atoms with Crippen molar-refractivity contribution in [3.8, 4) is 17.2 Å². The Morgan fingerprint density at radius 1 is 1.28 bits per heavy atom. The average Bonchev–Trinajstić information content (AvgIpc) is 2.94. The molecule has 1 aliphatic heterocycles. The summed E-state index contributed by atoms with van der Waals surface area (Å²) in [5, 5.41) is 10.0. The number of halogens is 1. The number of quaternary nitrogens is 1. The van der Waals surface area contributed by atoms with Crippen LogP contribution in [0, 0.1) is 17.2 Å². The maximum atomic E-state index is 12.1. The van der Waals surface area contributed by atoms with Gasteiger partial charge in [-0.15, -0.1) is 0 Å². The lowest BCUT2D eigenvalue weighted by Crippen LogP contribution is -2.58. The molecule has 128 valence electrons. The summed E-state index contributed by atoms with van der Waals surface area (Å²) in [6, 6.07) is 17.6. The Bertz CT molecular complexity index is 831. The summed E-state index contributed by atoms with van der Waals surface area (Å²) in [5.74, 6) is -0.0805. The first-order chi connectivity index (χ1) is 12.0. The Hall–Kier alpha value is -2.35. The minimum Gasteiger partial charge on any atom is -0.364 e. The Morgan fingerprint density at radius 3 is 2.64 bits per heavy atom. The number of nitrogens with two attached hydrogens (primary N) is 1. The van der Waals surface area contributed by atoms with Gasteiger partial charge in [0.15, 0.2) is 18.3 Å². The molecule has 4 nitrogen and oxygen atoms in total. The summed E-state index contributed by atoms with van der Waals surface area (Å²) in [4.78, 5) is 12.1. The number of nitriles is 1. The van der Waals surface area contributed by atoms with Crippen molar-refractivity contribution in [2.24, 2.45) is 11.7 Å². The monoisotopic (exact) mass is 354 g/mol. The zero-order chi connectivity index (χ0) is 18.0. The second-order valence-corrected chi connectivity index (χ2v) is 7.23. The highest BCUT2D eigenvalue weighted by molar-refractivity contribution is 6.33. The molecule has 1 aliphatic rings. The van der Waals surface area contributed by atoms with E-state index < -0.39 is 6.04 Å². The molecule has 0 radical (unpaired) electrons. The van der Waals surface area contributed by atoms with Crippen LogP contribution in [0.2, 0.25) is 5.02 Å². The molecule has 1 unspecified atom stereocenters. The minimum atomic E-state index is -0.432. The molecule has 3 atom stereocenters. The van der Waals surface area contributed by atoms with Crippen LogP contribution in [0.15, 0.2) is 48.5 Å². The fourth-order valence-corrected chi connectivity index (χ4v) is 4.30. The van der Waals surface area contributed by atoms with Crippen LogP contribution in [0.4, 0.5) is 5.69 Å². The molecule has 1 saturated heterocycles. The molecule has 1 heterocycles. The molecule has 0 saturated carbocycles. The highest BCUT2D eigenvalue weighted by atomic mass is 35.5. The van der Waals surface area contributed by atoms with Gasteiger partial charge in [-0.25, -0.2) is 0 Å². The number of primary amides is 1. The summed E-state index contributed by atoms with van der Waals surface area (Å²) in [7, 11) is 0. The molecule has 1 fully saturated rings. The maximum absolute atomic E-state index is 12.1. The molecule has 25 heavy (non-hydrogen) atoms. The molecular formula is C20H21ClN3O+. The van der Waals surface area contributed by atoms with Crippen LogP contribution in [0.3, 0.4) is 0 Å². The predicted octanol–water partition coefficient (Wildman–Crippen LogP) is 3.73. The molecule has 2 aromatic carbocycles.